The second-order valence-corrected chi connectivity index (χ2v) is 7.83. The standard InChI is InChI=1S/C17H19O2P/c1-2-9-17(14-18)20(19,15-10-5-3-6-11-15)16-12-7-4-8-13-16/h3-8,10-14,17H,2,9H2,1H3. The van der Waals surface area contributed by atoms with E-state index in [0.717, 1.165) is 23.3 Å². The van der Waals surface area contributed by atoms with Crippen LogP contribution in [-0.2, 0) is 9.36 Å². The summed E-state index contributed by atoms with van der Waals surface area (Å²) >= 11 is 0. The molecule has 2 aromatic carbocycles. The van der Waals surface area contributed by atoms with E-state index in [1.807, 2.05) is 67.6 Å². The Hall–Kier alpha value is -1.66. The lowest BCUT2D eigenvalue weighted by Gasteiger charge is -2.24. The van der Waals surface area contributed by atoms with Crippen molar-refractivity contribution in [3.63, 3.8) is 0 Å². The van der Waals surface area contributed by atoms with Crippen molar-refractivity contribution in [2.24, 2.45) is 0 Å². The van der Waals surface area contributed by atoms with Gasteiger partial charge in [-0.1, -0.05) is 74.0 Å². The Bertz CT molecular complexity index is 549. The third-order valence-corrected chi connectivity index (χ3v) is 6.93. The number of hydrogen-bond acceptors (Lipinski definition) is 2. The Labute approximate surface area is 120 Å². The molecule has 2 aromatic rings. The number of carbonyl (C=O) groups is 1. The van der Waals surface area contributed by atoms with Gasteiger partial charge in [0.1, 0.15) is 6.29 Å². The number of rotatable bonds is 6. The maximum Gasteiger partial charge on any atom is 0.153 e. The molecule has 20 heavy (non-hydrogen) atoms. The summed E-state index contributed by atoms with van der Waals surface area (Å²) in [6.45, 7) is 2.01. The molecule has 0 amide bonds. The van der Waals surface area contributed by atoms with Crippen molar-refractivity contribution in [2.45, 2.75) is 25.4 Å². The lowest BCUT2D eigenvalue weighted by Crippen LogP contribution is -2.26. The number of hydrogen-bond donors (Lipinski definition) is 0. The topological polar surface area (TPSA) is 34.1 Å². The highest BCUT2D eigenvalue weighted by Crippen LogP contribution is 2.49. The molecule has 3 heteroatoms. The number of aldehydes is 1. The fourth-order valence-electron chi connectivity index (χ4n) is 2.46. The van der Waals surface area contributed by atoms with E-state index >= 15 is 0 Å². The zero-order valence-corrected chi connectivity index (χ0v) is 12.5. The predicted molar refractivity (Wildman–Crippen MR) is 84.5 cm³/mol. The lowest BCUT2D eigenvalue weighted by molar-refractivity contribution is -0.107. The van der Waals surface area contributed by atoms with E-state index in [0.29, 0.717) is 6.42 Å². The van der Waals surface area contributed by atoms with Crippen LogP contribution in [0.4, 0.5) is 0 Å². The first-order valence-electron chi connectivity index (χ1n) is 6.89. The molecule has 0 aliphatic carbocycles. The van der Waals surface area contributed by atoms with Gasteiger partial charge in [0.15, 0.2) is 7.14 Å². The van der Waals surface area contributed by atoms with Crippen LogP contribution in [-0.4, -0.2) is 11.9 Å². The minimum atomic E-state index is -2.92. The molecular formula is C17H19O2P. The quantitative estimate of drug-likeness (QED) is 0.602. The highest BCUT2D eigenvalue weighted by Gasteiger charge is 2.35. The molecule has 1 atom stereocenters. The van der Waals surface area contributed by atoms with Gasteiger partial charge in [-0.05, 0) is 6.42 Å². The molecule has 0 saturated heterocycles. The molecule has 0 aliphatic heterocycles. The number of benzene rings is 2. The molecule has 0 aromatic heterocycles. The van der Waals surface area contributed by atoms with Crippen LogP contribution in [0, 0.1) is 0 Å². The Morgan fingerprint density at radius 2 is 1.40 bits per heavy atom. The first-order chi connectivity index (χ1) is 9.73. The lowest BCUT2D eigenvalue weighted by atomic mass is 10.3. The van der Waals surface area contributed by atoms with E-state index in [-0.39, 0.29) is 0 Å². The smallest absolute Gasteiger partial charge is 0.153 e. The van der Waals surface area contributed by atoms with Gasteiger partial charge in [0.2, 0.25) is 0 Å². The molecule has 0 aliphatic rings. The summed E-state index contributed by atoms with van der Waals surface area (Å²) in [4.78, 5) is 11.5. The molecule has 2 rings (SSSR count). The van der Waals surface area contributed by atoms with E-state index < -0.39 is 12.8 Å². The predicted octanol–water partition coefficient (Wildman–Crippen LogP) is 3.37. The molecule has 0 spiro atoms. The molecule has 0 fully saturated rings. The van der Waals surface area contributed by atoms with Gasteiger partial charge in [0.05, 0.1) is 5.66 Å². The Morgan fingerprint density at radius 3 is 1.75 bits per heavy atom. The highest BCUT2D eigenvalue weighted by atomic mass is 31.2. The summed E-state index contributed by atoms with van der Waals surface area (Å²) < 4.78 is 13.7. The summed E-state index contributed by atoms with van der Waals surface area (Å²) in [6, 6.07) is 18.7. The summed E-state index contributed by atoms with van der Waals surface area (Å²) in [7, 11) is -2.92. The van der Waals surface area contributed by atoms with Crippen molar-refractivity contribution in [3.05, 3.63) is 60.7 Å². The molecule has 0 heterocycles. The molecule has 0 N–H and O–H groups in total. The molecule has 2 nitrogen and oxygen atoms in total. The fourth-order valence-corrected chi connectivity index (χ4v) is 5.55. The van der Waals surface area contributed by atoms with Crippen LogP contribution in [0.1, 0.15) is 19.8 Å². The molecular weight excluding hydrogens is 267 g/mol. The van der Waals surface area contributed by atoms with Gasteiger partial charge in [0.25, 0.3) is 0 Å². The maximum atomic E-state index is 13.7. The van der Waals surface area contributed by atoms with Crippen molar-refractivity contribution >= 4 is 24.0 Å². The van der Waals surface area contributed by atoms with Crippen molar-refractivity contribution in [3.8, 4) is 0 Å². The largest absolute Gasteiger partial charge is 0.313 e. The summed E-state index contributed by atoms with van der Waals surface area (Å²) in [5.41, 5.74) is -0.447. The molecule has 104 valence electrons. The van der Waals surface area contributed by atoms with E-state index in [4.69, 9.17) is 0 Å². The van der Waals surface area contributed by atoms with Gasteiger partial charge < -0.3 is 9.36 Å². The Kier molecular flexibility index (Phi) is 4.92. The molecule has 0 saturated carbocycles. The Balaban J connectivity index is 2.60. The highest BCUT2D eigenvalue weighted by molar-refractivity contribution is 7.80. The minimum Gasteiger partial charge on any atom is -0.313 e. The van der Waals surface area contributed by atoms with Crippen molar-refractivity contribution in [1.82, 2.24) is 0 Å². The van der Waals surface area contributed by atoms with Crippen LogP contribution in [0.5, 0.6) is 0 Å². The third kappa shape index (κ3) is 2.76. The molecule has 1 unspecified atom stereocenters. The first kappa shape index (κ1) is 14.7. The van der Waals surface area contributed by atoms with Crippen molar-refractivity contribution in [1.29, 1.82) is 0 Å². The summed E-state index contributed by atoms with van der Waals surface area (Å²) in [6.07, 6.45) is 2.35. The van der Waals surface area contributed by atoms with Gasteiger partial charge in [-0.15, -0.1) is 0 Å². The molecule has 0 bridgehead atoms. The van der Waals surface area contributed by atoms with Crippen LogP contribution < -0.4 is 10.6 Å². The molecule has 0 radical (unpaired) electrons. The zero-order chi connectivity index (χ0) is 14.4. The Morgan fingerprint density at radius 1 is 0.950 bits per heavy atom. The van der Waals surface area contributed by atoms with Crippen molar-refractivity contribution < 1.29 is 9.36 Å². The van der Waals surface area contributed by atoms with Crippen LogP contribution in [0.25, 0.3) is 0 Å². The average molecular weight is 286 g/mol. The van der Waals surface area contributed by atoms with E-state index in [9.17, 15) is 9.36 Å². The fraction of sp³-hybridized carbons (Fsp3) is 0.235. The van der Waals surface area contributed by atoms with Crippen LogP contribution in [0.3, 0.4) is 0 Å². The van der Waals surface area contributed by atoms with E-state index in [2.05, 4.69) is 0 Å². The monoisotopic (exact) mass is 286 g/mol. The van der Waals surface area contributed by atoms with Gasteiger partial charge >= 0.3 is 0 Å². The second kappa shape index (κ2) is 6.67. The summed E-state index contributed by atoms with van der Waals surface area (Å²) in [5, 5.41) is 1.52. The van der Waals surface area contributed by atoms with Gasteiger partial charge in [-0.25, -0.2) is 0 Å². The van der Waals surface area contributed by atoms with E-state index in [1.165, 1.54) is 0 Å². The maximum absolute atomic E-state index is 13.7. The normalized spacial score (nSPS) is 12.8. The summed E-state index contributed by atoms with van der Waals surface area (Å²) in [5.74, 6) is 0. The first-order valence-corrected chi connectivity index (χ1v) is 8.67. The average Bonchev–Trinajstić information content (AvgIpc) is 2.53. The van der Waals surface area contributed by atoms with Crippen molar-refractivity contribution in [2.75, 3.05) is 0 Å². The van der Waals surface area contributed by atoms with Crippen LogP contribution in [0.2, 0.25) is 0 Å². The second-order valence-electron chi connectivity index (χ2n) is 4.82. The third-order valence-electron chi connectivity index (χ3n) is 3.49. The van der Waals surface area contributed by atoms with Gasteiger partial charge in [0, 0.05) is 10.6 Å². The number of carbonyl (C=O) groups excluding carboxylic acids is 1. The van der Waals surface area contributed by atoms with Crippen LogP contribution in [0.15, 0.2) is 60.7 Å². The van der Waals surface area contributed by atoms with Gasteiger partial charge in [-0.2, -0.15) is 0 Å². The van der Waals surface area contributed by atoms with Gasteiger partial charge in [-0.3, -0.25) is 0 Å². The van der Waals surface area contributed by atoms with E-state index in [1.54, 1.807) is 0 Å². The van der Waals surface area contributed by atoms with Crippen LogP contribution >= 0.6 is 7.14 Å². The SMILES string of the molecule is CCCC(C=O)P(=O)(c1ccccc1)c1ccccc1. The minimum absolute atomic E-state index is 0.447. The zero-order valence-electron chi connectivity index (χ0n) is 11.6.